The van der Waals surface area contributed by atoms with Gasteiger partial charge in [-0.05, 0) is 44.8 Å². The van der Waals surface area contributed by atoms with E-state index in [9.17, 15) is 0 Å². The zero-order chi connectivity index (χ0) is 16.7. The van der Waals surface area contributed by atoms with Crippen LogP contribution in [0.15, 0.2) is 48.7 Å². The third kappa shape index (κ3) is 2.67. The highest BCUT2D eigenvalue weighted by molar-refractivity contribution is 5.77. The molecule has 2 aromatic heterocycles. The number of fused-ring (bicyclic) bond motifs is 1. The smallest absolute Gasteiger partial charge is 0.139 e. The number of benzene rings is 1. The monoisotopic (exact) mass is 320 g/mol. The van der Waals surface area contributed by atoms with E-state index < -0.39 is 0 Å². The topological polar surface area (TPSA) is 35.2 Å². The Kier molecular flexibility index (Phi) is 3.77. The largest absolute Gasteiger partial charge is 0.354 e. The van der Waals surface area contributed by atoms with Crippen LogP contribution in [0.4, 0.5) is 5.82 Å². The number of anilines is 1. The number of aromatic nitrogens is 2. The average Bonchev–Trinajstić information content (AvgIpc) is 3.21. The third-order valence-corrected chi connectivity index (χ3v) is 5.18. The summed E-state index contributed by atoms with van der Waals surface area (Å²) < 4.78 is 0. The molecule has 1 aliphatic heterocycles. The minimum atomic E-state index is 0.494. The molecule has 0 aliphatic carbocycles. The second-order valence-electron chi connectivity index (χ2n) is 7.04. The van der Waals surface area contributed by atoms with E-state index in [1.807, 2.05) is 6.20 Å². The van der Waals surface area contributed by atoms with Crippen LogP contribution in [-0.2, 0) is 0 Å². The molecule has 0 radical (unpaired) electrons. The molecule has 4 heteroatoms. The van der Waals surface area contributed by atoms with Crippen LogP contribution in [0, 0.1) is 6.92 Å². The second kappa shape index (κ2) is 5.95. The lowest BCUT2D eigenvalue weighted by atomic mass is 9.93. The van der Waals surface area contributed by atoms with Gasteiger partial charge in [0.25, 0.3) is 0 Å². The lowest BCUT2D eigenvalue weighted by Gasteiger charge is -2.25. The van der Waals surface area contributed by atoms with Crippen LogP contribution in [0.5, 0.6) is 0 Å². The fraction of sp³-hybridized carbons (Fsp3) is 0.350. The number of hydrogen-bond donors (Lipinski definition) is 1. The number of hydrogen-bond acceptors (Lipinski definition) is 3. The molecule has 0 bridgehead atoms. The molecule has 1 aliphatic rings. The summed E-state index contributed by atoms with van der Waals surface area (Å²) in [6.45, 7) is 4.15. The molecule has 124 valence electrons. The summed E-state index contributed by atoms with van der Waals surface area (Å²) in [5.41, 5.74) is 3.70. The van der Waals surface area contributed by atoms with Gasteiger partial charge in [0.2, 0.25) is 0 Å². The highest BCUT2D eigenvalue weighted by Gasteiger charge is 2.35. The van der Waals surface area contributed by atoms with Gasteiger partial charge in [0, 0.05) is 36.6 Å². The molecule has 1 saturated heterocycles. The standard InChI is InChI=1S/C20H24N4/c1-14-4-6-15(7-5-14)17-12-24(13-18(17)23(2)3)19-9-8-16-10-11-21-20(16)22-19/h4-11,17-18H,12-13H2,1-3H3,(H,21,22)/t17-,18+/m0/s1. The van der Waals surface area contributed by atoms with Gasteiger partial charge in [-0.15, -0.1) is 0 Å². The molecule has 1 fully saturated rings. The Hall–Kier alpha value is -2.33. The van der Waals surface area contributed by atoms with Gasteiger partial charge in [0.15, 0.2) is 0 Å². The Morgan fingerprint density at radius 2 is 1.83 bits per heavy atom. The first-order valence-corrected chi connectivity index (χ1v) is 8.54. The molecule has 24 heavy (non-hydrogen) atoms. The van der Waals surface area contributed by atoms with E-state index in [1.54, 1.807) is 0 Å². The van der Waals surface area contributed by atoms with Gasteiger partial charge >= 0.3 is 0 Å². The highest BCUT2D eigenvalue weighted by Crippen LogP contribution is 2.33. The summed E-state index contributed by atoms with van der Waals surface area (Å²) in [6.07, 6.45) is 1.95. The number of nitrogens with zero attached hydrogens (tertiary/aromatic N) is 3. The van der Waals surface area contributed by atoms with E-state index in [2.05, 4.69) is 78.3 Å². The van der Waals surface area contributed by atoms with Crippen LogP contribution in [0.25, 0.3) is 11.0 Å². The zero-order valence-electron chi connectivity index (χ0n) is 14.5. The van der Waals surface area contributed by atoms with Crippen molar-refractivity contribution in [3.05, 3.63) is 59.8 Å². The second-order valence-corrected chi connectivity index (χ2v) is 7.04. The quantitative estimate of drug-likeness (QED) is 0.803. The van der Waals surface area contributed by atoms with Gasteiger partial charge < -0.3 is 14.8 Å². The Morgan fingerprint density at radius 1 is 1.04 bits per heavy atom. The minimum Gasteiger partial charge on any atom is -0.354 e. The molecule has 2 atom stereocenters. The minimum absolute atomic E-state index is 0.494. The Labute approximate surface area is 143 Å². The van der Waals surface area contributed by atoms with Crippen molar-refractivity contribution in [3.63, 3.8) is 0 Å². The molecule has 3 heterocycles. The first-order valence-electron chi connectivity index (χ1n) is 8.54. The van der Waals surface area contributed by atoms with E-state index in [0.717, 1.165) is 29.9 Å². The van der Waals surface area contributed by atoms with Crippen LogP contribution in [0.2, 0.25) is 0 Å². The Bertz CT molecular complexity index is 834. The SMILES string of the molecule is Cc1ccc([C@@H]2CN(c3ccc4cc[nH]c4n3)C[C@H]2N(C)C)cc1. The number of likely N-dealkylation sites (N-methyl/N-ethyl adjacent to an activating group) is 1. The van der Waals surface area contributed by atoms with Gasteiger partial charge in [-0.25, -0.2) is 4.98 Å². The van der Waals surface area contributed by atoms with Crippen LogP contribution in [0.3, 0.4) is 0 Å². The molecule has 0 unspecified atom stereocenters. The molecular weight excluding hydrogens is 296 g/mol. The van der Waals surface area contributed by atoms with E-state index in [4.69, 9.17) is 4.98 Å². The highest BCUT2D eigenvalue weighted by atomic mass is 15.3. The molecular formula is C20H24N4. The molecule has 1 N–H and O–H groups in total. The van der Waals surface area contributed by atoms with Crippen molar-refractivity contribution in [1.82, 2.24) is 14.9 Å². The Balaban J connectivity index is 1.65. The van der Waals surface area contributed by atoms with Crippen molar-refractivity contribution >= 4 is 16.9 Å². The lowest BCUT2D eigenvalue weighted by Crippen LogP contribution is -2.34. The van der Waals surface area contributed by atoms with Crippen LogP contribution in [0.1, 0.15) is 17.0 Å². The van der Waals surface area contributed by atoms with E-state index in [0.29, 0.717) is 12.0 Å². The van der Waals surface area contributed by atoms with Crippen molar-refractivity contribution in [3.8, 4) is 0 Å². The van der Waals surface area contributed by atoms with E-state index in [1.165, 1.54) is 11.1 Å². The maximum absolute atomic E-state index is 4.81. The number of nitrogens with one attached hydrogen (secondary N) is 1. The summed E-state index contributed by atoms with van der Waals surface area (Å²) in [4.78, 5) is 12.8. The van der Waals surface area contributed by atoms with Crippen molar-refractivity contribution in [2.45, 2.75) is 18.9 Å². The number of pyridine rings is 1. The molecule has 0 saturated carbocycles. The molecule has 0 amide bonds. The molecule has 4 rings (SSSR count). The predicted molar refractivity (Wildman–Crippen MR) is 99.7 cm³/mol. The summed E-state index contributed by atoms with van der Waals surface area (Å²) in [6, 6.07) is 15.8. The van der Waals surface area contributed by atoms with Gasteiger partial charge in [0.05, 0.1) is 0 Å². The lowest BCUT2D eigenvalue weighted by molar-refractivity contribution is 0.292. The summed E-state index contributed by atoms with van der Waals surface area (Å²) in [5.74, 6) is 1.56. The van der Waals surface area contributed by atoms with Crippen LogP contribution >= 0.6 is 0 Å². The predicted octanol–water partition coefficient (Wildman–Crippen LogP) is 3.41. The number of aromatic amines is 1. The maximum Gasteiger partial charge on any atom is 0.139 e. The first-order chi connectivity index (χ1) is 11.6. The number of H-pyrrole nitrogens is 1. The van der Waals surface area contributed by atoms with Gasteiger partial charge in [0.1, 0.15) is 11.5 Å². The van der Waals surface area contributed by atoms with Crippen molar-refractivity contribution < 1.29 is 0 Å². The van der Waals surface area contributed by atoms with Crippen LogP contribution in [-0.4, -0.2) is 48.1 Å². The molecule has 0 spiro atoms. The van der Waals surface area contributed by atoms with E-state index >= 15 is 0 Å². The van der Waals surface area contributed by atoms with Crippen molar-refractivity contribution in [1.29, 1.82) is 0 Å². The summed E-state index contributed by atoms with van der Waals surface area (Å²) in [5, 5.41) is 1.16. The molecule has 3 aromatic rings. The van der Waals surface area contributed by atoms with E-state index in [-0.39, 0.29) is 0 Å². The Morgan fingerprint density at radius 3 is 2.58 bits per heavy atom. The van der Waals surface area contributed by atoms with Crippen LogP contribution < -0.4 is 4.90 Å². The normalized spacial score (nSPS) is 21.1. The number of aryl methyl sites for hydroxylation is 1. The fourth-order valence-corrected chi connectivity index (χ4v) is 3.73. The third-order valence-electron chi connectivity index (χ3n) is 5.18. The summed E-state index contributed by atoms with van der Waals surface area (Å²) >= 11 is 0. The zero-order valence-corrected chi connectivity index (χ0v) is 14.5. The fourth-order valence-electron chi connectivity index (χ4n) is 3.73. The van der Waals surface area contributed by atoms with Crippen molar-refractivity contribution in [2.24, 2.45) is 0 Å². The molecule has 1 aromatic carbocycles. The number of rotatable bonds is 3. The maximum atomic E-state index is 4.81. The average molecular weight is 320 g/mol. The van der Waals surface area contributed by atoms with Gasteiger partial charge in [-0.3, -0.25) is 0 Å². The van der Waals surface area contributed by atoms with Gasteiger partial charge in [-0.1, -0.05) is 29.8 Å². The first kappa shape index (κ1) is 15.2. The van der Waals surface area contributed by atoms with Gasteiger partial charge in [-0.2, -0.15) is 0 Å². The van der Waals surface area contributed by atoms with Crippen molar-refractivity contribution in [2.75, 3.05) is 32.1 Å². The summed E-state index contributed by atoms with van der Waals surface area (Å²) in [7, 11) is 4.36. The molecule has 4 nitrogen and oxygen atoms in total.